The molecule has 2 aromatic rings. The molecule has 1 aromatic heterocycles. The van der Waals surface area contributed by atoms with Crippen LogP contribution in [0.1, 0.15) is 6.92 Å². The molecule has 0 fully saturated rings. The quantitative estimate of drug-likeness (QED) is 0.760. The summed E-state index contributed by atoms with van der Waals surface area (Å²) in [6.45, 7) is 1.10. The number of amides is 1. The molecule has 132 valence electrons. The van der Waals surface area contributed by atoms with Crippen molar-refractivity contribution in [3.8, 4) is 11.5 Å². The van der Waals surface area contributed by atoms with Crippen molar-refractivity contribution >= 4 is 29.3 Å². The first-order valence-electron chi connectivity index (χ1n) is 7.37. The highest BCUT2D eigenvalue weighted by atomic mass is 35.5. The number of benzene rings is 1. The van der Waals surface area contributed by atoms with Gasteiger partial charge in [0.25, 0.3) is 5.91 Å². The van der Waals surface area contributed by atoms with Crippen molar-refractivity contribution in [2.45, 2.75) is 13.0 Å². The van der Waals surface area contributed by atoms with Gasteiger partial charge in [-0.1, -0.05) is 23.7 Å². The molecular weight excluding hydrogens is 348 g/mol. The van der Waals surface area contributed by atoms with Crippen molar-refractivity contribution in [2.75, 3.05) is 19.0 Å². The zero-order chi connectivity index (χ0) is 18.2. The Bertz CT molecular complexity index is 736. The van der Waals surface area contributed by atoms with Crippen LogP contribution in [0.15, 0.2) is 42.6 Å². The molecule has 0 unspecified atom stereocenters. The molecule has 1 amide bonds. The number of nitrogens with one attached hydrogen (secondary N) is 1. The smallest absolute Gasteiger partial charge is 0.344 e. The summed E-state index contributed by atoms with van der Waals surface area (Å²) in [4.78, 5) is 27.7. The Kier molecular flexibility index (Phi) is 6.59. The molecule has 0 saturated carbocycles. The minimum atomic E-state index is -1.01. The lowest BCUT2D eigenvalue weighted by molar-refractivity contribution is -0.155. The molecular formula is C17H17ClN2O5. The first-order valence-corrected chi connectivity index (χ1v) is 7.75. The van der Waals surface area contributed by atoms with Crippen LogP contribution in [0.2, 0.25) is 5.02 Å². The van der Waals surface area contributed by atoms with E-state index in [0.717, 1.165) is 0 Å². The van der Waals surface area contributed by atoms with Crippen LogP contribution in [0.4, 0.5) is 5.82 Å². The Morgan fingerprint density at radius 2 is 1.92 bits per heavy atom. The Morgan fingerprint density at radius 3 is 2.56 bits per heavy atom. The fourth-order valence-corrected chi connectivity index (χ4v) is 1.95. The largest absolute Gasteiger partial charge is 0.493 e. The van der Waals surface area contributed by atoms with Gasteiger partial charge in [0.05, 0.1) is 12.1 Å². The highest BCUT2D eigenvalue weighted by Crippen LogP contribution is 2.25. The summed E-state index contributed by atoms with van der Waals surface area (Å²) in [5, 5.41) is 2.97. The van der Waals surface area contributed by atoms with Gasteiger partial charge in [-0.25, -0.2) is 9.78 Å². The summed E-state index contributed by atoms with van der Waals surface area (Å²) in [6, 6.07) is 10.0. The third-order valence-corrected chi connectivity index (χ3v) is 3.29. The Morgan fingerprint density at radius 1 is 1.20 bits per heavy atom. The molecule has 8 heteroatoms. The molecule has 1 heterocycles. The second kappa shape index (κ2) is 8.89. The van der Waals surface area contributed by atoms with E-state index in [1.54, 1.807) is 36.4 Å². The van der Waals surface area contributed by atoms with Crippen molar-refractivity contribution in [3.05, 3.63) is 47.6 Å². The van der Waals surface area contributed by atoms with E-state index < -0.39 is 18.0 Å². The van der Waals surface area contributed by atoms with E-state index in [1.807, 2.05) is 0 Å². The maximum atomic E-state index is 12.0. The molecule has 0 bridgehead atoms. The van der Waals surface area contributed by atoms with Crippen molar-refractivity contribution in [2.24, 2.45) is 0 Å². The first-order chi connectivity index (χ1) is 12.0. The Balaban J connectivity index is 1.82. The third-order valence-electron chi connectivity index (χ3n) is 3.07. The van der Waals surface area contributed by atoms with Gasteiger partial charge in [-0.3, -0.25) is 4.79 Å². The minimum absolute atomic E-state index is 0.308. The maximum Gasteiger partial charge on any atom is 0.344 e. The molecule has 7 nitrogen and oxygen atoms in total. The highest BCUT2D eigenvalue weighted by molar-refractivity contribution is 6.30. The normalized spacial score (nSPS) is 11.3. The number of rotatable bonds is 7. The number of carbonyl (C=O) groups excluding carboxylic acids is 2. The van der Waals surface area contributed by atoms with Crippen LogP contribution in [0.3, 0.4) is 0 Å². The molecule has 1 atom stereocenters. The second-order valence-corrected chi connectivity index (χ2v) is 5.36. The number of methoxy groups -OCH3 is 1. The van der Waals surface area contributed by atoms with Crippen molar-refractivity contribution < 1.29 is 23.8 Å². The van der Waals surface area contributed by atoms with E-state index in [9.17, 15) is 9.59 Å². The van der Waals surface area contributed by atoms with E-state index in [1.165, 1.54) is 20.2 Å². The predicted octanol–water partition coefficient (Wildman–Crippen LogP) is 2.69. The Hall–Kier alpha value is -2.80. The zero-order valence-corrected chi connectivity index (χ0v) is 14.4. The summed E-state index contributed by atoms with van der Waals surface area (Å²) in [5.74, 6) is 0.0139. The van der Waals surface area contributed by atoms with Crippen LogP contribution in [0, 0.1) is 0 Å². The van der Waals surface area contributed by atoms with Gasteiger partial charge in [-0.05, 0) is 31.2 Å². The second-order valence-electron chi connectivity index (χ2n) is 4.92. The van der Waals surface area contributed by atoms with Gasteiger partial charge < -0.3 is 19.5 Å². The van der Waals surface area contributed by atoms with Crippen LogP contribution in [0.5, 0.6) is 11.5 Å². The van der Waals surface area contributed by atoms with Crippen LogP contribution < -0.4 is 14.8 Å². The average Bonchev–Trinajstić information content (AvgIpc) is 2.62. The first kappa shape index (κ1) is 18.5. The number of hydrogen-bond acceptors (Lipinski definition) is 6. The number of hydrogen-bond donors (Lipinski definition) is 1. The molecule has 1 N–H and O–H groups in total. The molecule has 0 aliphatic carbocycles. The number of aromatic nitrogens is 1. The van der Waals surface area contributed by atoms with E-state index in [2.05, 4.69) is 10.3 Å². The lowest BCUT2D eigenvalue weighted by atomic mass is 10.3. The summed E-state index contributed by atoms with van der Waals surface area (Å²) in [7, 11) is 1.50. The van der Waals surface area contributed by atoms with E-state index in [-0.39, 0.29) is 6.61 Å². The molecule has 1 aromatic carbocycles. The number of carbonyl (C=O) groups is 2. The molecule has 0 spiro atoms. The molecule has 0 radical (unpaired) electrons. The average molecular weight is 365 g/mol. The number of anilines is 1. The third kappa shape index (κ3) is 5.65. The molecule has 0 aliphatic heterocycles. The van der Waals surface area contributed by atoms with Gasteiger partial charge in [-0.15, -0.1) is 0 Å². The lowest BCUT2D eigenvalue weighted by Gasteiger charge is -2.14. The van der Waals surface area contributed by atoms with Gasteiger partial charge in [0, 0.05) is 6.20 Å². The summed E-state index contributed by atoms with van der Waals surface area (Å²) >= 11 is 5.72. The van der Waals surface area contributed by atoms with Crippen LogP contribution >= 0.6 is 11.6 Å². The van der Waals surface area contributed by atoms with Gasteiger partial charge >= 0.3 is 5.97 Å². The van der Waals surface area contributed by atoms with Crippen molar-refractivity contribution in [1.82, 2.24) is 4.98 Å². The number of para-hydroxylation sites is 2. The topological polar surface area (TPSA) is 86.8 Å². The molecule has 25 heavy (non-hydrogen) atoms. The van der Waals surface area contributed by atoms with Gasteiger partial charge in [0.15, 0.2) is 24.2 Å². The van der Waals surface area contributed by atoms with Crippen LogP contribution in [-0.4, -0.2) is 36.7 Å². The van der Waals surface area contributed by atoms with Gasteiger partial charge in [0.2, 0.25) is 0 Å². The fourth-order valence-electron chi connectivity index (χ4n) is 1.84. The summed E-state index contributed by atoms with van der Waals surface area (Å²) < 4.78 is 15.5. The van der Waals surface area contributed by atoms with E-state index in [4.69, 9.17) is 25.8 Å². The lowest BCUT2D eigenvalue weighted by Crippen LogP contribution is -2.31. The SMILES string of the molecule is COc1ccccc1OCC(=O)O[C@H](C)C(=O)Nc1ccc(Cl)cn1. The monoisotopic (exact) mass is 364 g/mol. The van der Waals surface area contributed by atoms with E-state index >= 15 is 0 Å². The summed E-state index contributed by atoms with van der Waals surface area (Å²) in [5.41, 5.74) is 0. The maximum absolute atomic E-state index is 12.0. The molecule has 2 rings (SSSR count). The molecule has 0 saturated heterocycles. The summed E-state index contributed by atoms with van der Waals surface area (Å²) in [6.07, 6.45) is 0.390. The zero-order valence-electron chi connectivity index (χ0n) is 13.7. The number of esters is 1. The van der Waals surface area contributed by atoms with Crippen molar-refractivity contribution in [1.29, 1.82) is 0 Å². The number of nitrogens with zero attached hydrogens (tertiary/aromatic N) is 1. The standard InChI is InChI=1S/C17H17ClN2O5/c1-11(17(22)20-15-8-7-12(18)9-19-15)25-16(21)10-24-14-6-4-3-5-13(14)23-2/h3-9,11H,10H2,1-2H3,(H,19,20,22)/t11-/m1/s1. The van der Waals surface area contributed by atoms with Gasteiger partial charge in [0.1, 0.15) is 5.82 Å². The minimum Gasteiger partial charge on any atom is -0.493 e. The predicted molar refractivity (Wildman–Crippen MR) is 91.9 cm³/mol. The van der Waals surface area contributed by atoms with Crippen molar-refractivity contribution in [3.63, 3.8) is 0 Å². The number of ether oxygens (including phenoxy) is 3. The van der Waals surface area contributed by atoms with E-state index in [0.29, 0.717) is 22.3 Å². The van der Waals surface area contributed by atoms with Crippen LogP contribution in [-0.2, 0) is 14.3 Å². The van der Waals surface area contributed by atoms with Crippen LogP contribution in [0.25, 0.3) is 0 Å². The highest BCUT2D eigenvalue weighted by Gasteiger charge is 2.19. The number of halogens is 1. The fraction of sp³-hybridized carbons (Fsp3) is 0.235. The Labute approximate surface area is 149 Å². The van der Waals surface area contributed by atoms with Gasteiger partial charge in [-0.2, -0.15) is 0 Å². The number of pyridine rings is 1. The molecule has 0 aliphatic rings.